The number of aromatic nitrogens is 3. The lowest BCUT2D eigenvalue weighted by Crippen LogP contribution is -2.30. The smallest absolute Gasteiger partial charge is 0.248 e. The molecule has 0 amide bonds. The SMILES string of the molecule is c1cnc2c(c1)C[n+]1c-2sc2sc3cccnc3c21. The molecule has 0 fully saturated rings. The molecule has 90 valence electrons. The fraction of sp³-hybridized carbons (Fsp3) is 0.0714. The zero-order chi connectivity index (χ0) is 12.4. The molecule has 1 aliphatic rings. The molecule has 0 atom stereocenters. The normalized spacial score (nSPS) is 13.1. The third kappa shape index (κ3) is 1.19. The van der Waals surface area contributed by atoms with Gasteiger partial charge >= 0.3 is 0 Å². The number of hydrogen-bond donors (Lipinski definition) is 0. The van der Waals surface area contributed by atoms with Crippen molar-refractivity contribution in [2.75, 3.05) is 0 Å². The highest BCUT2D eigenvalue weighted by atomic mass is 32.2. The lowest BCUT2D eigenvalue weighted by atomic mass is 10.2. The molecule has 0 aliphatic carbocycles. The van der Waals surface area contributed by atoms with Crippen molar-refractivity contribution in [2.24, 2.45) is 0 Å². The Labute approximate surface area is 116 Å². The minimum absolute atomic E-state index is 0.918. The maximum atomic E-state index is 4.56. The standard InChI is InChI=1S/C14H8N3S2/c1-3-8-7-17-12-11-9(4-2-6-16-11)18-14(12)19-13(17)10(8)15-5-1/h1-6H,7H2/q+1. The number of rotatable bonds is 0. The molecular weight excluding hydrogens is 274 g/mol. The Morgan fingerprint density at radius 3 is 2.95 bits per heavy atom. The van der Waals surface area contributed by atoms with Crippen molar-refractivity contribution in [3.63, 3.8) is 0 Å². The summed E-state index contributed by atoms with van der Waals surface area (Å²) in [6, 6.07) is 8.32. The molecule has 4 aromatic rings. The van der Waals surface area contributed by atoms with Crippen LogP contribution >= 0.6 is 22.7 Å². The highest BCUT2D eigenvalue weighted by Crippen LogP contribution is 2.40. The Balaban J connectivity index is 1.94. The van der Waals surface area contributed by atoms with Crippen LogP contribution in [0.1, 0.15) is 5.56 Å². The second-order valence-electron chi connectivity index (χ2n) is 4.59. The van der Waals surface area contributed by atoms with Gasteiger partial charge in [0.1, 0.15) is 0 Å². The Hall–Kier alpha value is -1.85. The summed E-state index contributed by atoms with van der Waals surface area (Å²) in [4.78, 5) is 9.09. The lowest BCUT2D eigenvalue weighted by molar-refractivity contribution is -0.641. The predicted molar refractivity (Wildman–Crippen MR) is 77.5 cm³/mol. The maximum absolute atomic E-state index is 4.56. The van der Waals surface area contributed by atoms with Gasteiger partial charge in [0.2, 0.25) is 0 Å². The summed E-state index contributed by atoms with van der Waals surface area (Å²) in [7, 11) is 0. The Bertz CT molecular complexity index is 952. The molecule has 0 radical (unpaired) electrons. The van der Waals surface area contributed by atoms with Crippen LogP contribution < -0.4 is 4.57 Å². The van der Waals surface area contributed by atoms with Crippen LogP contribution in [0.2, 0.25) is 0 Å². The van der Waals surface area contributed by atoms with E-state index >= 15 is 0 Å². The van der Waals surface area contributed by atoms with E-state index in [1.165, 1.54) is 24.8 Å². The van der Waals surface area contributed by atoms with Gasteiger partial charge in [0.15, 0.2) is 21.8 Å². The van der Waals surface area contributed by atoms with Gasteiger partial charge in [0, 0.05) is 12.4 Å². The summed E-state index contributed by atoms with van der Waals surface area (Å²) in [5.41, 5.74) is 4.85. The molecule has 0 bridgehead atoms. The van der Waals surface area contributed by atoms with E-state index < -0.39 is 0 Å². The number of thiophene rings is 1. The van der Waals surface area contributed by atoms with Gasteiger partial charge in [-0.2, -0.15) is 4.57 Å². The second kappa shape index (κ2) is 3.37. The molecule has 0 saturated heterocycles. The Kier molecular flexibility index (Phi) is 1.78. The fourth-order valence-electron chi connectivity index (χ4n) is 2.70. The molecule has 5 rings (SSSR count). The van der Waals surface area contributed by atoms with Gasteiger partial charge in [-0.3, -0.25) is 0 Å². The van der Waals surface area contributed by atoms with Crippen molar-refractivity contribution in [2.45, 2.75) is 6.54 Å². The zero-order valence-corrected chi connectivity index (χ0v) is 11.5. The highest BCUT2D eigenvalue weighted by Gasteiger charge is 2.35. The molecule has 3 nitrogen and oxygen atoms in total. The topological polar surface area (TPSA) is 29.7 Å². The largest absolute Gasteiger partial charge is 0.290 e. The van der Waals surface area contributed by atoms with Crippen LogP contribution in [0.5, 0.6) is 0 Å². The van der Waals surface area contributed by atoms with E-state index in [4.69, 9.17) is 0 Å². The minimum Gasteiger partial charge on any atom is -0.248 e. The van der Waals surface area contributed by atoms with Crippen molar-refractivity contribution in [3.8, 4) is 10.7 Å². The van der Waals surface area contributed by atoms with Gasteiger partial charge in [-0.15, -0.1) is 11.3 Å². The minimum atomic E-state index is 0.918. The monoisotopic (exact) mass is 282 g/mol. The second-order valence-corrected chi connectivity index (χ2v) is 6.90. The van der Waals surface area contributed by atoms with Crippen molar-refractivity contribution in [1.29, 1.82) is 0 Å². The summed E-state index contributed by atoms with van der Waals surface area (Å²) >= 11 is 3.66. The first-order valence-electron chi connectivity index (χ1n) is 6.06. The molecule has 5 heterocycles. The van der Waals surface area contributed by atoms with Crippen molar-refractivity contribution < 1.29 is 4.57 Å². The van der Waals surface area contributed by atoms with Crippen LogP contribution in [0.25, 0.3) is 30.4 Å². The average Bonchev–Trinajstić information content (AvgIpc) is 3.05. The Morgan fingerprint density at radius 2 is 1.95 bits per heavy atom. The molecule has 0 spiro atoms. The van der Waals surface area contributed by atoms with Gasteiger partial charge in [-0.1, -0.05) is 0 Å². The quantitative estimate of drug-likeness (QED) is 0.408. The molecule has 1 aliphatic heterocycles. The van der Waals surface area contributed by atoms with E-state index in [1.807, 2.05) is 47.2 Å². The van der Waals surface area contributed by atoms with E-state index in [0.717, 1.165) is 17.8 Å². The molecule has 4 aromatic heterocycles. The van der Waals surface area contributed by atoms with Crippen LogP contribution in [-0.4, -0.2) is 9.97 Å². The molecule has 0 saturated carbocycles. The van der Waals surface area contributed by atoms with Gasteiger partial charge < -0.3 is 0 Å². The van der Waals surface area contributed by atoms with Crippen LogP contribution in [0, 0.1) is 0 Å². The average molecular weight is 282 g/mol. The first-order valence-corrected chi connectivity index (χ1v) is 7.69. The molecule has 19 heavy (non-hydrogen) atoms. The van der Waals surface area contributed by atoms with Crippen LogP contribution in [0.4, 0.5) is 0 Å². The van der Waals surface area contributed by atoms with Gasteiger partial charge in [-0.25, -0.2) is 9.97 Å². The fourth-order valence-corrected chi connectivity index (χ4v) is 5.30. The summed E-state index contributed by atoms with van der Waals surface area (Å²) in [6.45, 7) is 0.918. The van der Waals surface area contributed by atoms with E-state index in [2.05, 4.69) is 26.7 Å². The van der Waals surface area contributed by atoms with E-state index in [0.29, 0.717) is 0 Å². The van der Waals surface area contributed by atoms with Crippen molar-refractivity contribution in [3.05, 3.63) is 42.2 Å². The number of thiazole rings is 1. The summed E-state index contributed by atoms with van der Waals surface area (Å²) in [6.07, 6.45) is 3.75. The predicted octanol–water partition coefficient (Wildman–Crippen LogP) is 3.22. The van der Waals surface area contributed by atoms with Gasteiger partial charge in [-0.05, 0) is 35.6 Å². The number of fused-ring (bicyclic) bond motifs is 7. The van der Waals surface area contributed by atoms with E-state index in [-0.39, 0.29) is 0 Å². The number of pyridine rings is 2. The van der Waals surface area contributed by atoms with Crippen molar-refractivity contribution >= 4 is 42.4 Å². The maximum Gasteiger partial charge on any atom is 0.290 e. The summed E-state index contributed by atoms with van der Waals surface area (Å²) < 4.78 is 4.98. The van der Waals surface area contributed by atoms with Crippen LogP contribution in [0.3, 0.4) is 0 Å². The lowest BCUT2D eigenvalue weighted by Gasteiger charge is -1.88. The number of hydrogen-bond acceptors (Lipinski definition) is 4. The van der Waals surface area contributed by atoms with E-state index in [1.54, 1.807) is 0 Å². The molecule has 0 N–H and O–H groups in total. The van der Waals surface area contributed by atoms with Crippen LogP contribution in [-0.2, 0) is 6.54 Å². The zero-order valence-electron chi connectivity index (χ0n) is 9.83. The van der Waals surface area contributed by atoms with Crippen LogP contribution in [0.15, 0.2) is 36.7 Å². The highest BCUT2D eigenvalue weighted by molar-refractivity contribution is 7.42. The van der Waals surface area contributed by atoms with Crippen molar-refractivity contribution in [1.82, 2.24) is 9.97 Å². The first kappa shape index (κ1) is 10.00. The molecule has 5 heteroatoms. The molecular formula is C14H8N3S2+. The Morgan fingerprint density at radius 1 is 1.05 bits per heavy atom. The summed E-state index contributed by atoms with van der Waals surface area (Å²) in [5.74, 6) is 0. The first-order chi connectivity index (χ1) is 9.42. The van der Waals surface area contributed by atoms with Gasteiger partial charge in [0.25, 0.3) is 10.5 Å². The third-order valence-electron chi connectivity index (χ3n) is 3.52. The molecule has 0 unspecified atom stereocenters. The third-order valence-corrected chi connectivity index (χ3v) is 5.93. The van der Waals surface area contributed by atoms with E-state index in [9.17, 15) is 0 Å². The van der Waals surface area contributed by atoms with Gasteiger partial charge in [0.05, 0.1) is 10.3 Å². The molecule has 0 aromatic carbocycles. The summed E-state index contributed by atoms with van der Waals surface area (Å²) in [5, 5.41) is 1.27. The number of nitrogens with zero attached hydrogens (tertiary/aromatic N) is 3.